The number of carbonyl (C=O) groups excluding carboxylic acids is 8. The van der Waals surface area contributed by atoms with Gasteiger partial charge in [0.15, 0.2) is 0 Å². The first-order valence-electron chi connectivity index (χ1n) is 20.8. The molecule has 8 atom stereocenters. The Hall–Kier alpha value is -9.09. The van der Waals surface area contributed by atoms with Crippen molar-refractivity contribution in [3.05, 3.63) is 0 Å². The van der Waals surface area contributed by atoms with Gasteiger partial charge in [-0.3, -0.25) is 76.7 Å². The average molecular weight is 1070 g/mol. The first kappa shape index (κ1) is 64.9. The van der Waals surface area contributed by atoms with Crippen LogP contribution in [0.4, 0.5) is 0 Å². The quantitative estimate of drug-likeness (QED) is 0.0255. The van der Waals surface area contributed by atoms with Crippen LogP contribution in [-0.4, -0.2) is 222 Å². The van der Waals surface area contributed by atoms with Gasteiger partial charge in [0.25, 0.3) is 0 Å². The van der Waals surface area contributed by atoms with E-state index in [1.807, 2.05) is 10.6 Å². The van der Waals surface area contributed by atoms with Crippen LogP contribution in [0.3, 0.4) is 0 Å². The average Bonchev–Trinajstić information content (AvgIpc) is 3.25. The minimum Gasteiger partial charge on any atom is -0.481 e. The van der Waals surface area contributed by atoms with Crippen molar-refractivity contribution in [2.24, 2.45) is 0 Å². The second kappa shape index (κ2) is 32.7. The van der Waals surface area contributed by atoms with E-state index in [9.17, 15) is 122 Å². The van der Waals surface area contributed by atoms with Crippen LogP contribution in [0.2, 0.25) is 0 Å². The fraction of sp³-hybridized carbons (Fsp3) is 0.553. The molecule has 0 aromatic heterocycles. The van der Waals surface area contributed by atoms with Gasteiger partial charge in [0.1, 0.15) is 48.3 Å². The highest BCUT2D eigenvalue weighted by Crippen LogP contribution is 2.07. The lowest BCUT2D eigenvalue weighted by Gasteiger charge is -2.26. The van der Waals surface area contributed by atoms with Crippen LogP contribution < -0.4 is 42.5 Å². The minimum absolute atomic E-state index is 0.0490. The molecule has 74 heavy (non-hydrogen) atoms. The molecule has 0 aliphatic heterocycles. The molecule has 8 amide bonds. The van der Waals surface area contributed by atoms with Gasteiger partial charge in [-0.1, -0.05) is 0 Å². The number of amides is 8. The molecule has 0 saturated heterocycles. The molecule has 0 spiro atoms. The van der Waals surface area contributed by atoms with Gasteiger partial charge in [-0.05, 0) is 0 Å². The fourth-order valence-electron chi connectivity index (χ4n) is 5.64. The zero-order chi connectivity index (χ0) is 57.0. The summed E-state index contributed by atoms with van der Waals surface area (Å²) in [5, 5.41) is 98.2. The standard InChI is InChI=1S/C38H52N8O28/c1-73-4-5-74-3-2-22(47)39-14(6-23(48)49)31(64)40-15(7-24(50)51)32(65)41-16(8-25(52)53)33(66)42-17(9-26(54)55)34(67)43-18(10-27(56)57)35(68)44-19(11-28(58)59)36(69)45-20(12-29(60)61)37(70)46-21(38(71)72)13-30(62)63/h14-21H,2-13H2,1H3,(H,39,47)(H,40,64)(H,41,65)(H,42,66)(H,43,67)(H,44,68)(H,45,69)(H,46,70)(H,48,49)(H,50,51)(H,52,53)(H,54,55)(H,56,57)(H,58,59)(H,60,61)(H,62,63)(H,71,72). The van der Waals surface area contributed by atoms with E-state index in [0.717, 1.165) is 0 Å². The van der Waals surface area contributed by atoms with Gasteiger partial charge in [-0.2, -0.15) is 0 Å². The summed E-state index contributed by atoms with van der Waals surface area (Å²) in [6.07, 6.45) is -11.5. The van der Waals surface area contributed by atoms with Crippen molar-refractivity contribution in [2.75, 3.05) is 26.9 Å². The molecule has 0 aromatic carbocycles. The van der Waals surface area contributed by atoms with Gasteiger partial charge in [0.2, 0.25) is 47.3 Å². The minimum atomic E-state index is -2.47. The first-order valence-corrected chi connectivity index (χ1v) is 20.8. The summed E-state index contributed by atoms with van der Waals surface area (Å²) in [5.41, 5.74) is 0. The summed E-state index contributed by atoms with van der Waals surface area (Å²) in [6, 6.07) is -18.6. The van der Waals surface area contributed by atoms with Crippen LogP contribution in [-0.2, 0) is 91.0 Å². The van der Waals surface area contributed by atoms with Crippen molar-refractivity contribution in [3.63, 3.8) is 0 Å². The summed E-state index contributed by atoms with van der Waals surface area (Å²) >= 11 is 0. The summed E-state index contributed by atoms with van der Waals surface area (Å²) in [4.78, 5) is 209. The molecular weight excluding hydrogens is 1020 g/mol. The van der Waals surface area contributed by atoms with Gasteiger partial charge in [0.05, 0.1) is 71.2 Å². The normalized spacial score (nSPS) is 13.9. The lowest BCUT2D eigenvalue weighted by molar-refractivity contribution is -0.148. The summed E-state index contributed by atoms with van der Waals surface area (Å²) in [6.45, 7) is -0.0426. The predicted molar refractivity (Wildman–Crippen MR) is 228 cm³/mol. The zero-order valence-electron chi connectivity index (χ0n) is 38.4. The molecule has 412 valence electrons. The first-order chi connectivity index (χ1) is 34.4. The largest absolute Gasteiger partial charge is 0.481 e. The van der Waals surface area contributed by atoms with Gasteiger partial charge in [-0.15, -0.1) is 0 Å². The molecule has 0 saturated carbocycles. The fourth-order valence-corrected chi connectivity index (χ4v) is 5.64. The summed E-state index contributed by atoms with van der Waals surface area (Å²) in [5.74, 6) is -29.6. The molecule has 36 nitrogen and oxygen atoms in total. The number of hydrogen-bond acceptors (Lipinski definition) is 19. The van der Waals surface area contributed by atoms with Gasteiger partial charge in [0, 0.05) is 13.5 Å². The van der Waals surface area contributed by atoms with Crippen molar-refractivity contribution in [1.82, 2.24) is 42.5 Å². The molecule has 0 aliphatic carbocycles. The SMILES string of the molecule is COCCOCCC(=O)NC(CC(=O)O)C(=O)NC(CC(=O)O)C(=O)NC(CC(=O)O)C(=O)NC(CC(=O)O)C(=O)NC(CC(=O)O)C(=O)NC(CC(=O)O)C(=O)NC(CC(=O)O)C(=O)NC(CC(=O)O)C(=O)O. The smallest absolute Gasteiger partial charge is 0.326 e. The Morgan fingerprint density at radius 1 is 0.297 bits per heavy atom. The van der Waals surface area contributed by atoms with Crippen LogP contribution >= 0.6 is 0 Å². The molecular formula is C38H52N8O28. The van der Waals surface area contributed by atoms with Crippen molar-refractivity contribution >= 4 is 101 Å². The van der Waals surface area contributed by atoms with Crippen molar-refractivity contribution < 1.29 is 137 Å². The molecule has 0 fully saturated rings. The highest BCUT2D eigenvalue weighted by Gasteiger charge is 2.38. The van der Waals surface area contributed by atoms with E-state index < -0.39 is 207 Å². The van der Waals surface area contributed by atoms with Crippen LogP contribution in [0.5, 0.6) is 0 Å². The maximum Gasteiger partial charge on any atom is 0.326 e. The molecule has 0 heterocycles. The number of carboxylic acid groups (broad SMARTS) is 9. The van der Waals surface area contributed by atoms with Gasteiger partial charge < -0.3 is 98.0 Å². The number of aliphatic carboxylic acids is 9. The van der Waals surface area contributed by atoms with Crippen molar-refractivity contribution in [2.45, 2.75) is 106 Å². The van der Waals surface area contributed by atoms with Crippen molar-refractivity contribution in [1.29, 1.82) is 0 Å². The lowest BCUT2D eigenvalue weighted by Crippen LogP contribution is -2.61. The van der Waals surface area contributed by atoms with E-state index in [2.05, 4.69) is 0 Å². The van der Waals surface area contributed by atoms with Gasteiger partial charge >= 0.3 is 53.7 Å². The number of nitrogens with one attached hydrogen (secondary N) is 8. The molecule has 0 aromatic rings. The molecule has 17 N–H and O–H groups in total. The Labute approximate surface area is 413 Å². The summed E-state index contributed by atoms with van der Waals surface area (Å²) < 4.78 is 9.86. The number of rotatable bonds is 38. The van der Waals surface area contributed by atoms with Crippen LogP contribution in [0.25, 0.3) is 0 Å². The van der Waals surface area contributed by atoms with Gasteiger partial charge in [-0.25, -0.2) is 4.79 Å². The number of hydrogen-bond donors (Lipinski definition) is 17. The van der Waals surface area contributed by atoms with E-state index in [-0.39, 0.29) is 19.8 Å². The van der Waals surface area contributed by atoms with E-state index in [1.165, 1.54) is 7.11 Å². The third-order valence-corrected chi connectivity index (χ3v) is 9.00. The Morgan fingerprint density at radius 3 is 0.703 bits per heavy atom. The van der Waals surface area contributed by atoms with Crippen LogP contribution in [0.15, 0.2) is 0 Å². The Morgan fingerprint density at radius 2 is 0.500 bits per heavy atom. The Kier molecular flexibility index (Phi) is 28.7. The molecule has 0 aliphatic rings. The summed E-state index contributed by atoms with van der Waals surface area (Å²) in [7, 11) is 1.36. The predicted octanol–water partition coefficient (Wildman–Crippen LogP) is -8.20. The topological polar surface area (TPSA) is 587 Å². The zero-order valence-corrected chi connectivity index (χ0v) is 38.4. The number of carbonyl (C=O) groups is 17. The van der Waals surface area contributed by atoms with Crippen LogP contribution in [0.1, 0.15) is 57.8 Å². The number of carboxylic acids is 9. The highest BCUT2D eigenvalue weighted by atomic mass is 16.5. The third-order valence-electron chi connectivity index (χ3n) is 9.00. The van der Waals surface area contributed by atoms with Crippen LogP contribution in [0, 0.1) is 0 Å². The lowest BCUT2D eigenvalue weighted by atomic mass is 10.1. The molecule has 36 heteroatoms. The molecule has 8 unspecified atom stereocenters. The monoisotopic (exact) mass is 1070 g/mol. The second-order valence-corrected chi connectivity index (χ2v) is 15.0. The van der Waals surface area contributed by atoms with E-state index in [4.69, 9.17) is 14.6 Å². The highest BCUT2D eigenvalue weighted by molar-refractivity contribution is 6.01. The second-order valence-electron chi connectivity index (χ2n) is 15.0. The maximum absolute atomic E-state index is 13.5. The molecule has 0 radical (unpaired) electrons. The molecule has 0 rings (SSSR count). The maximum atomic E-state index is 13.5. The molecule has 0 bridgehead atoms. The third kappa shape index (κ3) is 27.3. The number of methoxy groups -OCH3 is 1. The van der Waals surface area contributed by atoms with E-state index in [1.54, 1.807) is 31.9 Å². The van der Waals surface area contributed by atoms with Crippen molar-refractivity contribution in [3.8, 4) is 0 Å². The van der Waals surface area contributed by atoms with E-state index >= 15 is 0 Å². The Bertz CT molecular complexity index is 2170. The number of ether oxygens (including phenoxy) is 2. The van der Waals surface area contributed by atoms with E-state index in [0.29, 0.717) is 0 Å². The Balaban J connectivity index is 6.66.